The molecule has 0 heterocycles. The Balaban J connectivity index is 0.00000220. The SMILES string of the molecule is Cl.O=C(O)CNC(=O)CN(Cc1ccc(Cl)cc1)C1CC1. The second-order valence-corrected chi connectivity index (χ2v) is 5.37. The molecule has 1 aromatic rings. The summed E-state index contributed by atoms with van der Waals surface area (Å²) in [5.74, 6) is -1.29. The molecule has 0 unspecified atom stereocenters. The van der Waals surface area contributed by atoms with Crippen LogP contribution in [-0.2, 0) is 16.1 Å². The highest BCUT2D eigenvalue weighted by Gasteiger charge is 2.30. The summed E-state index contributed by atoms with van der Waals surface area (Å²) >= 11 is 5.84. The minimum Gasteiger partial charge on any atom is -0.480 e. The van der Waals surface area contributed by atoms with E-state index in [0.717, 1.165) is 18.4 Å². The lowest BCUT2D eigenvalue weighted by atomic mass is 10.2. The topological polar surface area (TPSA) is 69.6 Å². The molecule has 2 rings (SSSR count). The van der Waals surface area contributed by atoms with Gasteiger partial charge in [-0.3, -0.25) is 14.5 Å². The van der Waals surface area contributed by atoms with E-state index in [4.69, 9.17) is 16.7 Å². The third-order valence-electron chi connectivity index (χ3n) is 3.15. The van der Waals surface area contributed by atoms with E-state index in [1.54, 1.807) is 0 Å². The number of carbonyl (C=O) groups is 2. The molecule has 0 radical (unpaired) electrons. The van der Waals surface area contributed by atoms with Crippen molar-refractivity contribution in [2.24, 2.45) is 0 Å². The van der Waals surface area contributed by atoms with Crippen molar-refractivity contribution in [2.75, 3.05) is 13.1 Å². The molecular weight excluding hydrogens is 315 g/mol. The van der Waals surface area contributed by atoms with Crippen LogP contribution in [0.4, 0.5) is 0 Å². The number of halogens is 2. The Kier molecular flexibility index (Phi) is 6.95. The molecule has 0 aromatic heterocycles. The van der Waals surface area contributed by atoms with E-state index in [2.05, 4.69) is 10.2 Å². The molecule has 1 aliphatic rings. The summed E-state index contributed by atoms with van der Waals surface area (Å²) in [5, 5.41) is 11.6. The van der Waals surface area contributed by atoms with Crippen LogP contribution in [0, 0.1) is 0 Å². The van der Waals surface area contributed by atoms with Gasteiger partial charge in [-0.15, -0.1) is 12.4 Å². The van der Waals surface area contributed by atoms with Gasteiger partial charge < -0.3 is 10.4 Å². The van der Waals surface area contributed by atoms with Crippen LogP contribution in [0.1, 0.15) is 18.4 Å². The molecule has 0 bridgehead atoms. The van der Waals surface area contributed by atoms with Gasteiger partial charge in [-0.1, -0.05) is 23.7 Å². The molecule has 0 aliphatic heterocycles. The second-order valence-electron chi connectivity index (χ2n) is 4.93. The summed E-state index contributed by atoms with van der Waals surface area (Å²) in [5.41, 5.74) is 1.09. The highest BCUT2D eigenvalue weighted by molar-refractivity contribution is 6.30. The van der Waals surface area contributed by atoms with Crippen LogP contribution in [0.2, 0.25) is 5.02 Å². The lowest BCUT2D eigenvalue weighted by Gasteiger charge is -2.21. The van der Waals surface area contributed by atoms with Crippen molar-refractivity contribution in [3.05, 3.63) is 34.9 Å². The lowest BCUT2D eigenvalue weighted by Crippen LogP contribution is -2.39. The summed E-state index contributed by atoms with van der Waals surface area (Å²) < 4.78 is 0. The molecule has 5 nitrogen and oxygen atoms in total. The molecule has 0 atom stereocenters. The Labute approximate surface area is 134 Å². The van der Waals surface area contributed by atoms with Crippen molar-refractivity contribution < 1.29 is 14.7 Å². The van der Waals surface area contributed by atoms with Gasteiger partial charge in [0.15, 0.2) is 0 Å². The average molecular weight is 333 g/mol. The van der Waals surface area contributed by atoms with Crippen LogP contribution in [-0.4, -0.2) is 41.0 Å². The van der Waals surface area contributed by atoms with E-state index in [-0.39, 0.29) is 31.4 Å². The number of rotatable bonds is 7. The van der Waals surface area contributed by atoms with Crippen LogP contribution in [0.15, 0.2) is 24.3 Å². The summed E-state index contributed by atoms with van der Waals surface area (Å²) in [6.07, 6.45) is 2.17. The van der Waals surface area contributed by atoms with Gasteiger partial charge in [-0.05, 0) is 30.5 Å². The lowest BCUT2D eigenvalue weighted by molar-refractivity contribution is -0.138. The predicted molar refractivity (Wildman–Crippen MR) is 82.8 cm³/mol. The molecule has 1 aliphatic carbocycles. The van der Waals surface area contributed by atoms with Gasteiger partial charge in [0.1, 0.15) is 6.54 Å². The Morgan fingerprint density at radius 1 is 1.29 bits per heavy atom. The minimum atomic E-state index is -1.03. The van der Waals surface area contributed by atoms with Crippen LogP contribution in [0.25, 0.3) is 0 Å². The molecule has 21 heavy (non-hydrogen) atoms. The van der Waals surface area contributed by atoms with Gasteiger partial charge in [0, 0.05) is 17.6 Å². The van der Waals surface area contributed by atoms with E-state index in [1.165, 1.54) is 0 Å². The molecular formula is C14H18Cl2N2O3. The third kappa shape index (κ3) is 6.33. The molecule has 1 fully saturated rings. The monoisotopic (exact) mass is 332 g/mol. The number of carboxylic acids is 1. The van der Waals surface area contributed by atoms with Gasteiger partial charge in [0.05, 0.1) is 6.54 Å². The number of carbonyl (C=O) groups excluding carboxylic acids is 1. The fourth-order valence-electron chi connectivity index (χ4n) is 1.99. The van der Waals surface area contributed by atoms with Crippen molar-refractivity contribution in [3.8, 4) is 0 Å². The number of nitrogens with one attached hydrogen (secondary N) is 1. The van der Waals surface area contributed by atoms with Gasteiger partial charge in [0.2, 0.25) is 5.91 Å². The van der Waals surface area contributed by atoms with Gasteiger partial charge >= 0.3 is 5.97 Å². The zero-order valence-corrected chi connectivity index (χ0v) is 13.0. The molecule has 1 aromatic carbocycles. The third-order valence-corrected chi connectivity index (χ3v) is 3.40. The van der Waals surface area contributed by atoms with Crippen molar-refractivity contribution >= 4 is 35.9 Å². The molecule has 1 saturated carbocycles. The molecule has 0 saturated heterocycles. The minimum absolute atomic E-state index is 0. The maximum Gasteiger partial charge on any atom is 0.322 e. The quantitative estimate of drug-likeness (QED) is 0.800. The number of hydrogen-bond acceptors (Lipinski definition) is 3. The van der Waals surface area contributed by atoms with Crippen LogP contribution in [0.3, 0.4) is 0 Å². The maximum atomic E-state index is 11.7. The highest BCUT2D eigenvalue weighted by atomic mass is 35.5. The van der Waals surface area contributed by atoms with Gasteiger partial charge in [-0.25, -0.2) is 0 Å². The Bertz CT molecular complexity index is 489. The number of carboxylic acid groups (broad SMARTS) is 1. The predicted octanol–water partition coefficient (Wildman–Crippen LogP) is 1.93. The Hall–Kier alpha value is -1.30. The smallest absolute Gasteiger partial charge is 0.322 e. The Morgan fingerprint density at radius 3 is 2.43 bits per heavy atom. The zero-order valence-electron chi connectivity index (χ0n) is 11.4. The van der Waals surface area contributed by atoms with E-state index >= 15 is 0 Å². The molecule has 116 valence electrons. The number of nitrogens with zero attached hydrogens (tertiary/aromatic N) is 1. The van der Waals surface area contributed by atoms with Crippen molar-refractivity contribution in [3.63, 3.8) is 0 Å². The first-order valence-electron chi connectivity index (χ1n) is 6.51. The van der Waals surface area contributed by atoms with E-state index in [0.29, 0.717) is 17.6 Å². The van der Waals surface area contributed by atoms with Crippen LogP contribution < -0.4 is 5.32 Å². The van der Waals surface area contributed by atoms with Gasteiger partial charge in [-0.2, -0.15) is 0 Å². The first-order chi connectivity index (χ1) is 9.54. The first-order valence-corrected chi connectivity index (χ1v) is 6.89. The van der Waals surface area contributed by atoms with Crippen molar-refractivity contribution in [2.45, 2.75) is 25.4 Å². The van der Waals surface area contributed by atoms with Crippen molar-refractivity contribution in [1.82, 2.24) is 10.2 Å². The van der Waals surface area contributed by atoms with E-state index in [1.807, 2.05) is 24.3 Å². The number of amides is 1. The fraction of sp³-hybridized carbons (Fsp3) is 0.429. The van der Waals surface area contributed by atoms with Crippen LogP contribution >= 0.6 is 24.0 Å². The number of aliphatic carboxylic acids is 1. The Morgan fingerprint density at radius 2 is 1.90 bits per heavy atom. The van der Waals surface area contributed by atoms with Gasteiger partial charge in [0.25, 0.3) is 0 Å². The molecule has 0 spiro atoms. The molecule has 2 N–H and O–H groups in total. The highest BCUT2D eigenvalue weighted by Crippen LogP contribution is 2.28. The standard InChI is InChI=1S/C14H17ClN2O3.ClH/c15-11-3-1-10(2-4-11)8-17(12-5-6-12)9-13(18)16-7-14(19)20;/h1-4,12H,5-9H2,(H,16,18)(H,19,20);1H. The normalized spacial score (nSPS) is 13.6. The van der Waals surface area contributed by atoms with E-state index in [9.17, 15) is 9.59 Å². The number of hydrogen-bond donors (Lipinski definition) is 2. The molecule has 1 amide bonds. The summed E-state index contributed by atoms with van der Waals surface area (Å²) in [7, 11) is 0. The first kappa shape index (κ1) is 17.8. The zero-order chi connectivity index (χ0) is 14.5. The van der Waals surface area contributed by atoms with E-state index < -0.39 is 5.97 Å². The summed E-state index contributed by atoms with van der Waals surface area (Å²) in [6.45, 7) is 0.557. The summed E-state index contributed by atoms with van der Waals surface area (Å²) in [6, 6.07) is 7.94. The number of benzene rings is 1. The maximum absolute atomic E-state index is 11.7. The average Bonchev–Trinajstić information content (AvgIpc) is 3.22. The molecule has 7 heteroatoms. The fourth-order valence-corrected chi connectivity index (χ4v) is 2.12. The summed E-state index contributed by atoms with van der Waals surface area (Å²) in [4.78, 5) is 24.2. The second kappa shape index (κ2) is 8.22. The largest absolute Gasteiger partial charge is 0.480 e. The van der Waals surface area contributed by atoms with Crippen LogP contribution in [0.5, 0.6) is 0 Å². The van der Waals surface area contributed by atoms with Crippen molar-refractivity contribution in [1.29, 1.82) is 0 Å².